The van der Waals surface area contributed by atoms with Crippen molar-refractivity contribution >= 4 is 27.5 Å². The molecule has 0 unspecified atom stereocenters. The SMILES string of the molecule is C[C@@H](OC(=O)c1cccc(N2CCCS2(=O)=O)c1)C(=O)C12CC3CC(CC(C3)C1)C2. The molecule has 4 aliphatic carbocycles. The standard InChI is InChI=1S/C23H29NO5S/c1-15(21(25)23-12-16-8-17(13-23)10-18(9-16)14-23)29-22(26)19-4-2-5-20(11-19)24-6-3-7-30(24,27)28/h2,4-5,11,15-18H,3,6-10,12-14H2,1H3/t15-,16?,17?,18?,23?/m1/s1. The first-order valence-corrected chi connectivity index (χ1v) is 12.7. The summed E-state index contributed by atoms with van der Waals surface area (Å²) in [4.78, 5) is 26.1. The number of ketones is 1. The summed E-state index contributed by atoms with van der Waals surface area (Å²) in [6.45, 7) is 2.11. The minimum Gasteiger partial charge on any atom is -0.451 e. The van der Waals surface area contributed by atoms with Crippen LogP contribution in [0.5, 0.6) is 0 Å². The van der Waals surface area contributed by atoms with Crippen LogP contribution in [0.3, 0.4) is 0 Å². The summed E-state index contributed by atoms with van der Waals surface area (Å²) < 4.78 is 31.3. The molecule has 4 bridgehead atoms. The van der Waals surface area contributed by atoms with Crippen molar-refractivity contribution in [3.8, 4) is 0 Å². The van der Waals surface area contributed by atoms with E-state index in [1.54, 1.807) is 31.2 Å². The first-order valence-electron chi connectivity index (χ1n) is 11.1. The van der Waals surface area contributed by atoms with Crippen LogP contribution < -0.4 is 4.31 Å². The van der Waals surface area contributed by atoms with Crippen molar-refractivity contribution in [2.24, 2.45) is 23.2 Å². The molecule has 0 aromatic heterocycles. The normalized spacial score (nSPS) is 34.7. The van der Waals surface area contributed by atoms with Gasteiger partial charge in [0.25, 0.3) is 0 Å². The molecule has 0 radical (unpaired) electrons. The Bertz CT molecular complexity index is 950. The van der Waals surface area contributed by atoms with Crippen LogP contribution in [-0.2, 0) is 19.6 Å². The molecule has 1 heterocycles. The summed E-state index contributed by atoms with van der Waals surface area (Å²) in [5, 5.41) is 0. The van der Waals surface area contributed by atoms with Crippen molar-refractivity contribution in [3.05, 3.63) is 29.8 Å². The number of Topliss-reactive ketones (excluding diaryl/α,β-unsaturated/α-hetero) is 1. The average Bonchev–Trinajstić information content (AvgIpc) is 3.05. The van der Waals surface area contributed by atoms with Gasteiger partial charge in [0, 0.05) is 12.0 Å². The molecule has 1 aromatic carbocycles. The van der Waals surface area contributed by atoms with Crippen LogP contribution in [0.15, 0.2) is 24.3 Å². The van der Waals surface area contributed by atoms with E-state index in [4.69, 9.17) is 4.74 Å². The largest absolute Gasteiger partial charge is 0.451 e. The predicted molar refractivity (Wildman–Crippen MR) is 113 cm³/mol. The zero-order chi connectivity index (χ0) is 21.1. The molecule has 1 aliphatic heterocycles. The summed E-state index contributed by atoms with van der Waals surface area (Å²) in [6.07, 6.45) is 6.40. The lowest BCUT2D eigenvalue weighted by Crippen LogP contribution is -2.52. The van der Waals surface area contributed by atoms with E-state index >= 15 is 0 Å². The van der Waals surface area contributed by atoms with Crippen molar-refractivity contribution in [1.29, 1.82) is 0 Å². The first kappa shape index (κ1) is 20.0. The van der Waals surface area contributed by atoms with E-state index in [0.717, 1.165) is 19.3 Å². The second-order valence-electron chi connectivity index (χ2n) is 9.90. The van der Waals surface area contributed by atoms with Gasteiger partial charge in [-0.25, -0.2) is 13.2 Å². The van der Waals surface area contributed by atoms with Crippen molar-refractivity contribution in [2.45, 2.75) is 58.0 Å². The minimum atomic E-state index is -3.32. The molecule has 30 heavy (non-hydrogen) atoms. The maximum atomic E-state index is 13.4. The Morgan fingerprint density at radius 1 is 1.10 bits per heavy atom. The Morgan fingerprint density at radius 3 is 2.30 bits per heavy atom. The number of ether oxygens (including phenoxy) is 1. The fraction of sp³-hybridized carbons (Fsp3) is 0.652. The molecule has 5 fully saturated rings. The van der Waals surface area contributed by atoms with Crippen LogP contribution >= 0.6 is 0 Å². The van der Waals surface area contributed by atoms with Gasteiger partial charge >= 0.3 is 5.97 Å². The van der Waals surface area contributed by atoms with Crippen LogP contribution in [-0.4, -0.2) is 38.6 Å². The number of benzene rings is 1. The van der Waals surface area contributed by atoms with Crippen LogP contribution in [0.1, 0.15) is 62.2 Å². The summed E-state index contributed by atoms with van der Waals surface area (Å²) in [7, 11) is -3.32. The lowest BCUT2D eigenvalue weighted by atomic mass is 9.48. The van der Waals surface area contributed by atoms with Crippen LogP contribution in [0.4, 0.5) is 5.69 Å². The molecule has 0 amide bonds. The molecule has 0 spiro atoms. The second-order valence-corrected chi connectivity index (χ2v) is 11.9. The maximum absolute atomic E-state index is 13.4. The van der Waals surface area contributed by atoms with E-state index in [-0.39, 0.29) is 22.5 Å². The summed E-state index contributed by atoms with van der Waals surface area (Å²) in [5.74, 6) is 1.59. The Kier molecular flexibility index (Phi) is 4.73. The zero-order valence-electron chi connectivity index (χ0n) is 17.4. The molecular formula is C23H29NO5S. The highest BCUT2D eigenvalue weighted by atomic mass is 32.2. The second kappa shape index (κ2) is 7.08. The zero-order valence-corrected chi connectivity index (χ0v) is 18.2. The van der Waals surface area contributed by atoms with Crippen molar-refractivity contribution < 1.29 is 22.7 Å². The molecule has 6 nitrogen and oxygen atoms in total. The van der Waals surface area contributed by atoms with Gasteiger partial charge in [-0.05, 0) is 87.8 Å². The van der Waals surface area contributed by atoms with Gasteiger partial charge in [0.1, 0.15) is 0 Å². The Labute approximate surface area is 178 Å². The molecule has 5 aliphatic rings. The summed E-state index contributed by atoms with van der Waals surface area (Å²) in [6, 6.07) is 6.50. The van der Waals surface area contributed by atoms with Crippen LogP contribution in [0.2, 0.25) is 0 Å². The number of rotatable bonds is 5. The number of nitrogens with zero attached hydrogens (tertiary/aromatic N) is 1. The molecule has 1 saturated heterocycles. The Balaban J connectivity index is 1.30. The number of carbonyl (C=O) groups excluding carboxylic acids is 2. The number of sulfonamides is 1. The van der Waals surface area contributed by atoms with Gasteiger partial charge in [-0.1, -0.05) is 6.07 Å². The third-order valence-corrected chi connectivity index (χ3v) is 9.55. The van der Waals surface area contributed by atoms with Gasteiger partial charge in [-0.2, -0.15) is 0 Å². The quantitative estimate of drug-likeness (QED) is 0.666. The first-order chi connectivity index (χ1) is 14.3. The molecule has 162 valence electrons. The monoisotopic (exact) mass is 431 g/mol. The minimum absolute atomic E-state index is 0.0771. The highest BCUT2D eigenvalue weighted by Gasteiger charge is 2.55. The van der Waals surface area contributed by atoms with E-state index in [9.17, 15) is 18.0 Å². The fourth-order valence-corrected chi connectivity index (χ4v) is 8.40. The molecular weight excluding hydrogens is 402 g/mol. The Morgan fingerprint density at radius 2 is 1.73 bits per heavy atom. The maximum Gasteiger partial charge on any atom is 0.338 e. The number of carbonyl (C=O) groups is 2. The summed E-state index contributed by atoms with van der Waals surface area (Å²) in [5.41, 5.74) is 0.446. The van der Waals surface area contributed by atoms with Gasteiger partial charge in [-0.15, -0.1) is 0 Å². The average molecular weight is 432 g/mol. The van der Waals surface area contributed by atoms with Gasteiger partial charge in [0.05, 0.1) is 17.0 Å². The molecule has 1 aromatic rings. The fourth-order valence-electron chi connectivity index (χ4n) is 6.84. The van der Waals surface area contributed by atoms with E-state index in [1.807, 2.05) is 0 Å². The van der Waals surface area contributed by atoms with Crippen molar-refractivity contribution in [2.75, 3.05) is 16.6 Å². The predicted octanol–water partition coefficient (Wildman–Crippen LogP) is 3.56. The van der Waals surface area contributed by atoms with E-state index in [1.165, 1.54) is 23.6 Å². The van der Waals surface area contributed by atoms with Gasteiger partial charge in [-0.3, -0.25) is 9.10 Å². The van der Waals surface area contributed by atoms with E-state index in [0.29, 0.717) is 36.4 Å². The number of hydrogen-bond acceptors (Lipinski definition) is 5. The number of esters is 1. The molecule has 4 saturated carbocycles. The molecule has 7 heteroatoms. The summed E-state index contributed by atoms with van der Waals surface area (Å²) >= 11 is 0. The Hall–Kier alpha value is -1.89. The van der Waals surface area contributed by atoms with Gasteiger partial charge < -0.3 is 4.74 Å². The van der Waals surface area contributed by atoms with Gasteiger partial charge in [0.2, 0.25) is 10.0 Å². The van der Waals surface area contributed by atoms with Crippen molar-refractivity contribution in [1.82, 2.24) is 0 Å². The number of hydrogen-bond donors (Lipinski definition) is 0. The third kappa shape index (κ3) is 3.35. The van der Waals surface area contributed by atoms with Crippen LogP contribution in [0, 0.1) is 23.2 Å². The lowest BCUT2D eigenvalue weighted by Gasteiger charge is -2.56. The van der Waals surface area contributed by atoms with Gasteiger partial charge in [0.15, 0.2) is 11.9 Å². The highest BCUT2D eigenvalue weighted by Crippen LogP contribution is 2.60. The van der Waals surface area contributed by atoms with Crippen molar-refractivity contribution in [3.63, 3.8) is 0 Å². The van der Waals surface area contributed by atoms with E-state index < -0.39 is 22.1 Å². The van der Waals surface area contributed by atoms with E-state index in [2.05, 4.69) is 0 Å². The molecule has 1 atom stereocenters. The topological polar surface area (TPSA) is 80.8 Å². The molecule has 0 N–H and O–H groups in total. The number of anilines is 1. The lowest BCUT2D eigenvalue weighted by molar-refractivity contribution is -0.152. The molecule has 6 rings (SSSR count). The highest BCUT2D eigenvalue weighted by molar-refractivity contribution is 7.93. The smallest absolute Gasteiger partial charge is 0.338 e. The third-order valence-electron chi connectivity index (χ3n) is 7.68. The van der Waals surface area contributed by atoms with Crippen LogP contribution in [0.25, 0.3) is 0 Å².